The number of nitrogens with one attached hydrogen (secondary N) is 2. The molecule has 0 saturated carbocycles. The minimum absolute atomic E-state index is 0.171. The van der Waals surface area contributed by atoms with Gasteiger partial charge in [0.15, 0.2) is 0 Å². The summed E-state index contributed by atoms with van der Waals surface area (Å²) in [5, 5.41) is 2.79. The van der Waals surface area contributed by atoms with Crippen molar-refractivity contribution in [3.8, 4) is 11.5 Å². The van der Waals surface area contributed by atoms with Gasteiger partial charge >= 0.3 is 6.09 Å². The van der Waals surface area contributed by atoms with Crippen molar-refractivity contribution in [2.45, 2.75) is 72.1 Å². The summed E-state index contributed by atoms with van der Waals surface area (Å²) in [5.41, 5.74) is 3.76. The minimum Gasteiger partial charge on any atom is -0.457 e. The SMILES string of the molecule is CC(C)C[C@H](NC(=O)OC(C)(C)C)C(=O)N[N+]1(Cc2ccc(Oc3ccccc3)cc2)CCCC1. The summed E-state index contributed by atoms with van der Waals surface area (Å²) >= 11 is 0. The predicted octanol–water partition coefficient (Wildman–Crippen LogP) is 5.56. The Balaban J connectivity index is 1.67. The van der Waals surface area contributed by atoms with E-state index in [-0.39, 0.29) is 11.8 Å². The molecule has 1 heterocycles. The summed E-state index contributed by atoms with van der Waals surface area (Å²) in [6, 6.07) is 17.1. The summed E-state index contributed by atoms with van der Waals surface area (Å²) in [6.45, 7) is 11.9. The molecule has 1 aliphatic rings. The zero-order valence-electron chi connectivity index (χ0n) is 21.7. The molecule has 2 aromatic carbocycles. The van der Waals surface area contributed by atoms with E-state index in [0.29, 0.717) is 17.6 Å². The smallest absolute Gasteiger partial charge is 0.408 e. The first-order valence-corrected chi connectivity index (χ1v) is 12.5. The third kappa shape index (κ3) is 8.58. The number of ether oxygens (including phenoxy) is 2. The molecule has 0 bridgehead atoms. The minimum atomic E-state index is -0.651. The van der Waals surface area contributed by atoms with E-state index in [1.54, 1.807) is 0 Å². The molecule has 1 atom stereocenters. The molecule has 1 saturated heterocycles. The van der Waals surface area contributed by atoms with Gasteiger partial charge in [-0.3, -0.25) is 4.79 Å². The van der Waals surface area contributed by atoms with Crippen molar-refractivity contribution in [2.75, 3.05) is 13.1 Å². The molecular formula is C28H40N3O4+. The summed E-state index contributed by atoms with van der Waals surface area (Å²) in [6.07, 6.45) is 2.06. The van der Waals surface area contributed by atoms with Crippen molar-refractivity contribution in [2.24, 2.45) is 5.92 Å². The molecule has 0 spiro atoms. The molecule has 7 heteroatoms. The molecule has 2 N–H and O–H groups in total. The first-order valence-electron chi connectivity index (χ1n) is 12.5. The number of hydrogen-bond donors (Lipinski definition) is 2. The van der Waals surface area contributed by atoms with Gasteiger partial charge in [0.1, 0.15) is 42.8 Å². The highest BCUT2D eigenvalue weighted by atomic mass is 16.6. The maximum absolute atomic E-state index is 13.4. The quantitative estimate of drug-likeness (QED) is 0.459. The Hall–Kier alpha value is -3.06. The Morgan fingerprint density at radius 3 is 2.11 bits per heavy atom. The van der Waals surface area contributed by atoms with Gasteiger partial charge in [0.2, 0.25) is 0 Å². The number of rotatable bonds is 9. The summed E-state index contributed by atoms with van der Waals surface area (Å²) in [5.74, 6) is 1.64. The molecule has 0 aromatic heterocycles. The van der Waals surface area contributed by atoms with Gasteiger partial charge < -0.3 is 14.8 Å². The lowest BCUT2D eigenvalue weighted by Crippen LogP contribution is -2.62. The molecule has 0 unspecified atom stereocenters. The number of quaternary nitrogens is 1. The van der Waals surface area contributed by atoms with Gasteiger partial charge in [-0.1, -0.05) is 32.0 Å². The monoisotopic (exact) mass is 482 g/mol. The molecule has 35 heavy (non-hydrogen) atoms. The predicted molar refractivity (Wildman–Crippen MR) is 137 cm³/mol. The van der Waals surface area contributed by atoms with Crippen LogP contribution in [0.15, 0.2) is 54.6 Å². The summed E-state index contributed by atoms with van der Waals surface area (Å²) in [4.78, 5) is 25.8. The fraction of sp³-hybridized carbons (Fsp3) is 0.500. The third-order valence-electron chi connectivity index (χ3n) is 5.87. The van der Waals surface area contributed by atoms with Crippen LogP contribution in [0.2, 0.25) is 0 Å². The van der Waals surface area contributed by atoms with Crippen molar-refractivity contribution in [3.63, 3.8) is 0 Å². The van der Waals surface area contributed by atoms with E-state index in [2.05, 4.69) is 10.7 Å². The highest BCUT2D eigenvalue weighted by Crippen LogP contribution is 2.25. The second-order valence-electron chi connectivity index (χ2n) is 10.8. The number of carbonyl (C=O) groups is 2. The number of benzene rings is 2. The molecule has 1 fully saturated rings. The number of alkyl carbamates (subject to hydrolysis) is 1. The van der Waals surface area contributed by atoms with Crippen LogP contribution >= 0.6 is 0 Å². The highest BCUT2D eigenvalue weighted by Gasteiger charge is 2.37. The van der Waals surface area contributed by atoms with Gasteiger partial charge in [-0.25, -0.2) is 9.39 Å². The van der Waals surface area contributed by atoms with E-state index in [9.17, 15) is 9.59 Å². The first kappa shape index (κ1) is 26.5. The number of amides is 2. The third-order valence-corrected chi connectivity index (χ3v) is 5.87. The maximum atomic E-state index is 13.4. The Morgan fingerprint density at radius 1 is 0.943 bits per heavy atom. The summed E-state index contributed by atoms with van der Waals surface area (Å²) in [7, 11) is 0. The van der Waals surface area contributed by atoms with Crippen LogP contribution in [0.25, 0.3) is 0 Å². The van der Waals surface area contributed by atoms with Gasteiger partial charge in [0, 0.05) is 18.4 Å². The lowest BCUT2D eigenvalue weighted by Gasteiger charge is -2.35. The molecule has 0 aliphatic carbocycles. The molecule has 7 nitrogen and oxygen atoms in total. The molecule has 3 rings (SSSR count). The lowest BCUT2D eigenvalue weighted by molar-refractivity contribution is -0.963. The molecule has 2 amide bonds. The van der Waals surface area contributed by atoms with E-state index in [1.807, 2.05) is 89.2 Å². The Bertz CT molecular complexity index is 962. The van der Waals surface area contributed by atoms with Gasteiger partial charge in [0.05, 0.1) is 0 Å². The number of hydrogen-bond acceptors (Lipinski definition) is 4. The Morgan fingerprint density at radius 2 is 1.54 bits per heavy atom. The van der Waals surface area contributed by atoms with Gasteiger partial charge in [-0.2, -0.15) is 5.43 Å². The van der Waals surface area contributed by atoms with Crippen LogP contribution < -0.4 is 15.5 Å². The van der Waals surface area contributed by atoms with E-state index < -0.39 is 17.7 Å². The van der Waals surface area contributed by atoms with Crippen molar-refractivity contribution in [1.82, 2.24) is 10.7 Å². The average molecular weight is 483 g/mol. The topological polar surface area (TPSA) is 76.7 Å². The van der Waals surface area contributed by atoms with E-state index in [0.717, 1.165) is 43.0 Å². The number of carbonyl (C=O) groups excluding carboxylic acids is 2. The molecule has 190 valence electrons. The second kappa shape index (κ2) is 11.6. The van der Waals surface area contributed by atoms with Crippen molar-refractivity contribution in [1.29, 1.82) is 0 Å². The van der Waals surface area contributed by atoms with Crippen LogP contribution in [0.5, 0.6) is 11.5 Å². The normalized spacial score (nSPS) is 15.9. The van der Waals surface area contributed by atoms with Crippen molar-refractivity contribution in [3.05, 3.63) is 60.2 Å². The van der Waals surface area contributed by atoms with E-state index >= 15 is 0 Å². The van der Waals surface area contributed by atoms with Crippen LogP contribution in [-0.2, 0) is 16.1 Å². The Kier molecular flexibility index (Phi) is 8.78. The summed E-state index contributed by atoms with van der Waals surface area (Å²) < 4.78 is 11.8. The number of likely N-dealkylation sites (tertiary alicyclic amines) is 1. The number of nitrogens with zero attached hydrogens (tertiary/aromatic N) is 1. The van der Waals surface area contributed by atoms with Gasteiger partial charge in [-0.15, -0.1) is 0 Å². The van der Waals surface area contributed by atoms with E-state index in [1.165, 1.54) is 0 Å². The zero-order chi connectivity index (χ0) is 25.5. The molecule has 1 aliphatic heterocycles. The van der Waals surface area contributed by atoms with Crippen LogP contribution in [0, 0.1) is 5.92 Å². The average Bonchev–Trinajstić information content (AvgIpc) is 3.21. The molecular weight excluding hydrogens is 442 g/mol. The lowest BCUT2D eigenvalue weighted by atomic mass is 10.0. The van der Waals surface area contributed by atoms with Crippen LogP contribution in [0.4, 0.5) is 4.79 Å². The van der Waals surface area contributed by atoms with Crippen molar-refractivity contribution < 1.29 is 23.7 Å². The largest absolute Gasteiger partial charge is 0.457 e. The van der Waals surface area contributed by atoms with Gasteiger partial charge in [0.25, 0.3) is 5.91 Å². The zero-order valence-corrected chi connectivity index (χ0v) is 21.7. The number of para-hydroxylation sites is 1. The fourth-order valence-corrected chi connectivity index (χ4v) is 4.35. The molecule has 2 aromatic rings. The van der Waals surface area contributed by atoms with Crippen LogP contribution in [0.1, 0.15) is 59.4 Å². The fourth-order valence-electron chi connectivity index (χ4n) is 4.35. The molecule has 0 radical (unpaired) electrons. The standard InChI is InChI=1S/C28H39N3O4/c1-21(2)19-25(29-27(33)35-28(3,4)5)26(32)30-31(17-9-10-18-31)20-22-13-15-24(16-14-22)34-23-11-7-6-8-12-23/h6-8,11-16,21,25H,9-10,17-20H2,1-5H3,(H-,29,30,32,33)/p+1/t25-/m0/s1. The Labute approximate surface area is 209 Å². The van der Waals surface area contributed by atoms with Gasteiger partial charge in [-0.05, 0) is 69.5 Å². The maximum Gasteiger partial charge on any atom is 0.408 e. The van der Waals surface area contributed by atoms with Crippen molar-refractivity contribution >= 4 is 12.0 Å². The van der Waals surface area contributed by atoms with Crippen LogP contribution in [0.3, 0.4) is 0 Å². The highest BCUT2D eigenvalue weighted by molar-refractivity contribution is 5.84. The second-order valence-corrected chi connectivity index (χ2v) is 10.8. The van der Waals surface area contributed by atoms with Crippen LogP contribution in [-0.4, -0.2) is 41.3 Å². The van der Waals surface area contributed by atoms with E-state index in [4.69, 9.17) is 9.47 Å². The first-order chi connectivity index (χ1) is 16.5.